The van der Waals surface area contributed by atoms with E-state index >= 15 is 0 Å². The Labute approximate surface area is 468 Å². The minimum absolute atomic E-state index is 0.00256. The maximum Gasteiger partial charge on any atom is 0.305 e. The first kappa shape index (κ1) is 73.1. The van der Waals surface area contributed by atoms with Gasteiger partial charge in [-0.05, 0) is 83.5 Å². The first-order valence-electron chi connectivity index (χ1n) is 33.8. The fraction of sp³-hybridized carbons (Fsp3) is 0.884. The third-order valence-electron chi connectivity index (χ3n) is 15.6. The number of aliphatic hydroxyl groups excluding tert-OH is 2. The number of nitrogens with one attached hydrogen (secondary N) is 1. The van der Waals surface area contributed by atoms with E-state index in [1.165, 1.54) is 283 Å². The molecule has 0 rings (SSSR count). The molecule has 0 aromatic heterocycles. The second-order valence-corrected chi connectivity index (χ2v) is 23.1. The van der Waals surface area contributed by atoms with E-state index in [9.17, 15) is 19.8 Å². The molecule has 0 aromatic rings. The molecule has 0 aromatic carbocycles. The van der Waals surface area contributed by atoms with Gasteiger partial charge in [0.25, 0.3) is 0 Å². The average molecular weight is 1050 g/mol. The van der Waals surface area contributed by atoms with E-state index < -0.39 is 12.1 Å². The first-order valence-corrected chi connectivity index (χ1v) is 33.8. The van der Waals surface area contributed by atoms with Crippen LogP contribution in [0.5, 0.6) is 0 Å². The van der Waals surface area contributed by atoms with Crippen LogP contribution in [0, 0.1) is 0 Å². The van der Waals surface area contributed by atoms with E-state index in [0.29, 0.717) is 19.4 Å². The maximum atomic E-state index is 12.5. The average Bonchev–Trinajstić information content (AvgIpc) is 3.41. The van der Waals surface area contributed by atoms with Gasteiger partial charge in [0.2, 0.25) is 5.91 Å². The lowest BCUT2D eigenvalue weighted by atomic mass is 10.0. The fourth-order valence-electron chi connectivity index (χ4n) is 10.4. The summed E-state index contributed by atoms with van der Waals surface area (Å²) in [4.78, 5) is 24.6. The van der Waals surface area contributed by atoms with Gasteiger partial charge in [-0.25, -0.2) is 0 Å². The van der Waals surface area contributed by atoms with Crippen molar-refractivity contribution in [2.75, 3.05) is 13.2 Å². The van der Waals surface area contributed by atoms with E-state index in [0.717, 1.165) is 57.8 Å². The smallest absolute Gasteiger partial charge is 0.305 e. The molecule has 1 amide bonds. The minimum Gasteiger partial charge on any atom is -0.466 e. The number of carbonyl (C=O) groups is 2. The molecular formula is C69H131NO5. The van der Waals surface area contributed by atoms with Crippen molar-refractivity contribution in [3.05, 3.63) is 36.5 Å². The van der Waals surface area contributed by atoms with Crippen molar-refractivity contribution in [1.82, 2.24) is 5.32 Å². The lowest BCUT2D eigenvalue weighted by Gasteiger charge is -2.20. The van der Waals surface area contributed by atoms with Gasteiger partial charge in [-0.15, -0.1) is 0 Å². The maximum absolute atomic E-state index is 12.5. The van der Waals surface area contributed by atoms with Gasteiger partial charge in [0, 0.05) is 12.8 Å². The van der Waals surface area contributed by atoms with Gasteiger partial charge in [-0.3, -0.25) is 9.59 Å². The summed E-state index contributed by atoms with van der Waals surface area (Å²) < 4.78 is 5.49. The third kappa shape index (κ3) is 61.2. The Bertz CT molecular complexity index is 1210. The summed E-state index contributed by atoms with van der Waals surface area (Å²) in [6.45, 7) is 4.91. The Morgan fingerprint density at radius 3 is 0.947 bits per heavy atom. The Kier molecular flexibility index (Phi) is 63.0. The van der Waals surface area contributed by atoms with Crippen LogP contribution in [0.2, 0.25) is 0 Å². The van der Waals surface area contributed by atoms with Crippen molar-refractivity contribution < 1.29 is 24.5 Å². The summed E-state index contributed by atoms with van der Waals surface area (Å²) in [5, 5.41) is 23.2. The quantitative estimate of drug-likeness (QED) is 0.0320. The molecule has 0 aliphatic carbocycles. The SMILES string of the molecule is CCCCCCCC/C=C\CCCCCCCCCCCC(=O)OCCCCCCCC/C=C\CCCCCCCCCC(=O)NC(CO)C(O)/C=C/CCCCCCCCCCCCCCCCCCCCCC. The lowest BCUT2D eigenvalue weighted by Crippen LogP contribution is -2.45. The highest BCUT2D eigenvalue weighted by Crippen LogP contribution is 2.18. The number of allylic oxidation sites excluding steroid dienone is 5. The normalized spacial score (nSPS) is 12.7. The largest absolute Gasteiger partial charge is 0.466 e. The van der Waals surface area contributed by atoms with E-state index in [1.807, 2.05) is 6.08 Å². The molecule has 0 fully saturated rings. The first-order chi connectivity index (χ1) is 37.0. The Hall–Kier alpha value is -1.92. The van der Waals surface area contributed by atoms with Gasteiger partial charge in [-0.2, -0.15) is 0 Å². The predicted octanol–water partition coefficient (Wildman–Crippen LogP) is 21.5. The van der Waals surface area contributed by atoms with Crippen LogP contribution >= 0.6 is 0 Å². The van der Waals surface area contributed by atoms with Crippen LogP contribution in [-0.4, -0.2) is 47.4 Å². The molecule has 0 spiro atoms. The number of amides is 1. The molecule has 3 N–H and O–H groups in total. The lowest BCUT2D eigenvalue weighted by molar-refractivity contribution is -0.143. The standard InChI is InChI=1S/C69H131NO5/c1-3-5-7-9-11-13-15-17-19-21-23-24-25-27-29-33-37-41-45-49-53-57-61-67(72)66(65-71)70-68(73)62-58-54-50-46-42-38-34-30-28-32-36-40-44-48-52-56-60-64-75-69(74)63-59-55-51-47-43-39-35-31-26-22-20-18-16-14-12-10-8-6-4-2/h18,20,28,32,57,61,66-67,71-72H,3-17,19,21-27,29-31,33-56,58-60,62-65H2,1-2H3,(H,70,73)/b20-18-,32-28-,61-57+. The van der Waals surface area contributed by atoms with E-state index in [-0.39, 0.29) is 18.5 Å². The molecule has 2 atom stereocenters. The fourth-order valence-corrected chi connectivity index (χ4v) is 10.4. The van der Waals surface area contributed by atoms with Crippen molar-refractivity contribution in [2.24, 2.45) is 0 Å². The van der Waals surface area contributed by atoms with Gasteiger partial charge in [0.1, 0.15) is 0 Å². The summed E-state index contributed by atoms with van der Waals surface area (Å²) in [5.41, 5.74) is 0. The van der Waals surface area contributed by atoms with Crippen molar-refractivity contribution >= 4 is 11.9 Å². The van der Waals surface area contributed by atoms with E-state index in [4.69, 9.17) is 4.74 Å². The molecule has 442 valence electrons. The number of unbranched alkanes of at least 4 members (excludes halogenated alkanes) is 48. The van der Waals surface area contributed by atoms with Crippen molar-refractivity contribution in [3.8, 4) is 0 Å². The minimum atomic E-state index is -0.854. The summed E-state index contributed by atoms with van der Waals surface area (Å²) in [5.74, 6) is -0.0794. The molecular weight excluding hydrogens is 923 g/mol. The van der Waals surface area contributed by atoms with Crippen LogP contribution < -0.4 is 5.32 Å². The second-order valence-electron chi connectivity index (χ2n) is 23.1. The van der Waals surface area contributed by atoms with Gasteiger partial charge in [0.15, 0.2) is 0 Å². The molecule has 75 heavy (non-hydrogen) atoms. The van der Waals surface area contributed by atoms with Crippen molar-refractivity contribution in [1.29, 1.82) is 0 Å². The zero-order chi connectivity index (χ0) is 54.3. The number of aliphatic hydroxyl groups is 2. The topological polar surface area (TPSA) is 95.9 Å². The third-order valence-corrected chi connectivity index (χ3v) is 15.6. The molecule has 0 aliphatic heterocycles. The number of carbonyl (C=O) groups excluding carboxylic acids is 2. The number of hydrogen-bond donors (Lipinski definition) is 3. The summed E-state index contributed by atoms with van der Waals surface area (Å²) in [7, 11) is 0. The van der Waals surface area contributed by atoms with Gasteiger partial charge in [-0.1, -0.05) is 307 Å². The van der Waals surface area contributed by atoms with E-state index in [2.05, 4.69) is 43.5 Å². The molecule has 0 radical (unpaired) electrons. The zero-order valence-electron chi connectivity index (χ0n) is 50.5. The second kappa shape index (κ2) is 64.6. The van der Waals surface area contributed by atoms with Crippen LogP contribution in [0.25, 0.3) is 0 Å². The summed E-state index contributed by atoms with van der Waals surface area (Å²) >= 11 is 0. The van der Waals surface area contributed by atoms with E-state index in [1.54, 1.807) is 6.08 Å². The molecule has 0 bridgehead atoms. The van der Waals surface area contributed by atoms with Crippen molar-refractivity contribution in [2.45, 2.75) is 379 Å². The summed E-state index contributed by atoms with van der Waals surface area (Å²) in [6.07, 6.45) is 82.0. The number of esters is 1. The molecule has 0 saturated heterocycles. The van der Waals surface area contributed by atoms with Gasteiger partial charge in [0.05, 0.1) is 25.4 Å². The summed E-state index contributed by atoms with van der Waals surface area (Å²) in [6, 6.07) is -0.639. The molecule has 0 saturated carbocycles. The highest BCUT2D eigenvalue weighted by atomic mass is 16.5. The highest BCUT2D eigenvalue weighted by molar-refractivity contribution is 5.76. The molecule has 6 heteroatoms. The number of hydrogen-bond acceptors (Lipinski definition) is 5. The Balaban J connectivity index is 3.47. The predicted molar refractivity (Wildman–Crippen MR) is 329 cm³/mol. The molecule has 2 unspecified atom stereocenters. The van der Waals surface area contributed by atoms with Crippen LogP contribution in [0.15, 0.2) is 36.5 Å². The Morgan fingerprint density at radius 2 is 0.627 bits per heavy atom. The van der Waals surface area contributed by atoms with Gasteiger partial charge >= 0.3 is 5.97 Å². The van der Waals surface area contributed by atoms with Crippen LogP contribution in [0.1, 0.15) is 367 Å². The molecule has 0 heterocycles. The van der Waals surface area contributed by atoms with Crippen LogP contribution in [0.4, 0.5) is 0 Å². The number of rotatable bonds is 63. The van der Waals surface area contributed by atoms with Crippen LogP contribution in [-0.2, 0) is 14.3 Å². The molecule has 6 nitrogen and oxygen atoms in total. The number of ether oxygens (including phenoxy) is 1. The zero-order valence-corrected chi connectivity index (χ0v) is 50.5. The monoisotopic (exact) mass is 1050 g/mol. The Morgan fingerprint density at radius 1 is 0.360 bits per heavy atom. The highest BCUT2D eigenvalue weighted by Gasteiger charge is 2.18. The van der Waals surface area contributed by atoms with Crippen molar-refractivity contribution in [3.63, 3.8) is 0 Å². The molecule has 0 aliphatic rings. The van der Waals surface area contributed by atoms with Gasteiger partial charge < -0.3 is 20.3 Å². The van der Waals surface area contributed by atoms with Crippen LogP contribution in [0.3, 0.4) is 0 Å².